The number of allylic oxidation sites excluding steroid dienone is 2. The van der Waals surface area contributed by atoms with E-state index in [1.54, 1.807) is 43.3 Å². The predicted octanol–water partition coefficient (Wildman–Crippen LogP) is 4.48. The van der Waals surface area contributed by atoms with Crippen LogP contribution >= 0.6 is 11.8 Å². The summed E-state index contributed by atoms with van der Waals surface area (Å²) in [6, 6.07) is 12.6. The molecule has 1 atom stereocenters. The quantitative estimate of drug-likeness (QED) is 0.379. The first-order valence-corrected chi connectivity index (χ1v) is 11.6. The fourth-order valence-corrected chi connectivity index (χ4v) is 4.28. The van der Waals surface area contributed by atoms with Gasteiger partial charge in [-0.15, -0.1) is 0 Å². The number of esters is 1. The van der Waals surface area contributed by atoms with Crippen LogP contribution < -0.4 is 15.4 Å². The molecule has 0 saturated carbocycles. The van der Waals surface area contributed by atoms with E-state index in [4.69, 9.17) is 13.9 Å². The number of nitrogens with one attached hydrogen (secondary N) is 2. The van der Waals surface area contributed by atoms with Crippen molar-refractivity contribution in [2.24, 2.45) is 0 Å². The largest absolute Gasteiger partial charge is 0.494 e. The maximum Gasteiger partial charge on any atom is 0.337 e. The molecule has 0 radical (unpaired) electrons. The SMILES string of the molecule is C=CCOC(=O)C1=C(C)NC(SCC(=O)Nc2ccc(OCC)cc2)=C(C#N)[C@@H]1c1ccco1. The number of carbonyl (C=O) groups is 2. The van der Waals surface area contributed by atoms with E-state index < -0.39 is 11.9 Å². The molecule has 0 spiro atoms. The van der Waals surface area contributed by atoms with E-state index in [2.05, 4.69) is 23.3 Å². The number of nitrogens with zero attached hydrogens (tertiary/aromatic N) is 1. The van der Waals surface area contributed by atoms with Gasteiger partial charge in [0.2, 0.25) is 5.91 Å². The van der Waals surface area contributed by atoms with Crippen LogP contribution in [0.5, 0.6) is 5.75 Å². The lowest BCUT2D eigenvalue weighted by molar-refractivity contribution is -0.138. The second-order valence-corrected chi connectivity index (χ2v) is 8.13. The molecule has 2 N–H and O–H groups in total. The molecule has 176 valence electrons. The molecule has 0 aliphatic carbocycles. The first-order valence-electron chi connectivity index (χ1n) is 10.6. The fourth-order valence-electron chi connectivity index (χ4n) is 3.39. The Hall–Kier alpha value is -3.90. The summed E-state index contributed by atoms with van der Waals surface area (Å²) in [5.74, 6) is -0.367. The second-order valence-electron chi connectivity index (χ2n) is 7.15. The van der Waals surface area contributed by atoms with Crippen molar-refractivity contribution < 1.29 is 23.5 Å². The molecule has 3 rings (SSSR count). The van der Waals surface area contributed by atoms with Crippen molar-refractivity contribution in [2.75, 3.05) is 24.3 Å². The number of hydrogen-bond donors (Lipinski definition) is 2. The molecule has 0 unspecified atom stereocenters. The molecule has 0 bridgehead atoms. The third-order valence-corrected chi connectivity index (χ3v) is 5.84. The Morgan fingerprint density at radius 1 is 1.32 bits per heavy atom. The van der Waals surface area contributed by atoms with Crippen LogP contribution in [0.2, 0.25) is 0 Å². The van der Waals surface area contributed by atoms with Gasteiger partial charge in [0, 0.05) is 11.4 Å². The van der Waals surface area contributed by atoms with Crippen LogP contribution in [0.3, 0.4) is 0 Å². The van der Waals surface area contributed by atoms with Gasteiger partial charge < -0.3 is 24.5 Å². The van der Waals surface area contributed by atoms with E-state index in [9.17, 15) is 14.9 Å². The van der Waals surface area contributed by atoms with E-state index in [-0.39, 0.29) is 29.4 Å². The average Bonchev–Trinajstić information content (AvgIpc) is 3.37. The lowest BCUT2D eigenvalue weighted by atomic mass is 9.86. The highest BCUT2D eigenvalue weighted by Gasteiger charge is 2.37. The van der Waals surface area contributed by atoms with Gasteiger partial charge in [-0.3, -0.25) is 4.79 Å². The van der Waals surface area contributed by atoms with E-state index >= 15 is 0 Å². The molecular formula is C25H25N3O5S. The zero-order chi connectivity index (χ0) is 24.5. The minimum atomic E-state index is -0.754. The van der Waals surface area contributed by atoms with E-state index in [1.807, 2.05) is 6.92 Å². The topological polar surface area (TPSA) is 114 Å². The van der Waals surface area contributed by atoms with Crippen LogP contribution in [0.1, 0.15) is 25.5 Å². The van der Waals surface area contributed by atoms with Gasteiger partial charge in [-0.1, -0.05) is 24.4 Å². The first-order chi connectivity index (χ1) is 16.5. The number of nitriles is 1. The summed E-state index contributed by atoms with van der Waals surface area (Å²) in [7, 11) is 0. The fraction of sp³-hybridized carbons (Fsp3) is 0.240. The summed E-state index contributed by atoms with van der Waals surface area (Å²) < 4.78 is 16.2. The van der Waals surface area contributed by atoms with Crippen molar-refractivity contribution in [3.05, 3.63) is 82.9 Å². The standard InChI is InChI=1S/C25H25N3O5S/c1-4-12-33-25(30)22-16(3)27-24(19(14-26)23(22)20-7-6-13-32-20)34-15-21(29)28-17-8-10-18(11-9-17)31-5-2/h4,6-11,13,23,27H,1,5,12,15H2,2-3H3,(H,28,29)/t23-/m1/s1. The maximum atomic E-state index is 12.8. The Labute approximate surface area is 202 Å². The van der Waals surface area contributed by atoms with Gasteiger partial charge in [-0.2, -0.15) is 5.26 Å². The normalized spacial score (nSPS) is 15.3. The Morgan fingerprint density at radius 2 is 2.09 bits per heavy atom. The molecule has 34 heavy (non-hydrogen) atoms. The third kappa shape index (κ3) is 5.91. The van der Waals surface area contributed by atoms with Gasteiger partial charge in [0.25, 0.3) is 0 Å². The van der Waals surface area contributed by atoms with Gasteiger partial charge in [0.1, 0.15) is 18.1 Å². The van der Waals surface area contributed by atoms with Gasteiger partial charge in [0.05, 0.1) is 46.8 Å². The Balaban J connectivity index is 1.78. The van der Waals surface area contributed by atoms with Crippen LogP contribution in [-0.4, -0.2) is 30.8 Å². The summed E-state index contributed by atoms with van der Waals surface area (Å²) in [5, 5.41) is 16.3. The third-order valence-electron chi connectivity index (χ3n) is 4.82. The van der Waals surface area contributed by atoms with E-state index in [0.717, 1.165) is 5.75 Å². The molecule has 8 nitrogen and oxygen atoms in total. The predicted molar refractivity (Wildman–Crippen MR) is 130 cm³/mol. The zero-order valence-electron chi connectivity index (χ0n) is 18.9. The summed E-state index contributed by atoms with van der Waals surface area (Å²) >= 11 is 1.17. The summed E-state index contributed by atoms with van der Waals surface area (Å²) in [6.45, 7) is 7.78. The van der Waals surface area contributed by atoms with Crippen LogP contribution in [-0.2, 0) is 14.3 Å². The highest BCUT2D eigenvalue weighted by molar-refractivity contribution is 8.03. The molecule has 1 aromatic heterocycles. The van der Waals surface area contributed by atoms with Crippen LogP contribution in [0.4, 0.5) is 5.69 Å². The Bertz CT molecular complexity index is 1140. The number of thioether (sulfide) groups is 1. The number of carbonyl (C=O) groups excluding carboxylic acids is 2. The molecule has 1 aliphatic heterocycles. The highest BCUT2D eigenvalue weighted by Crippen LogP contribution is 2.41. The average molecular weight is 480 g/mol. The van der Waals surface area contributed by atoms with Crippen molar-refractivity contribution in [3.8, 4) is 11.8 Å². The minimum Gasteiger partial charge on any atom is -0.494 e. The number of rotatable bonds is 10. The maximum absolute atomic E-state index is 12.8. The van der Waals surface area contributed by atoms with Gasteiger partial charge in [-0.05, 0) is 50.2 Å². The van der Waals surface area contributed by atoms with Gasteiger partial charge >= 0.3 is 5.97 Å². The number of hydrogen-bond acceptors (Lipinski definition) is 8. The number of anilines is 1. The minimum absolute atomic E-state index is 0.0411. The summed E-state index contributed by atoms with van der Waals surface area (Å²) in [6.07, 6.45) is 2.95. The Kier molecular flexibility index (Phi) is 8.60. The molecule has 0 saturated heterocycles. The number of dihydropyridines is 1. The molecule has 2 heterocycles. The number of ether oxygens (including phenoxy) is 2. The van der Waals surface area contributed by atoms with Crippen molar-refractivity contribution in [1.82, 2.24) is 5.32 Å². The molecule has 2 aromatic rings. The second kappa shape index (κ2) is 11.8. The number of amides is 1. The number of benzene rings is 1. The van der Waals surface area contributed by atoms with Crippen molar-refractivity contribution >= 4 is 29.3 Å². The molecule has 0 fully saturated rings. The Morgan fingerprint density at radius 3 is 2.71 bits per heavy atom. The van der Waals surface area contributed by atoms with Gasteiger partial charge in [0.15, 0.2) is 0 Å². The monoisotopic (exact) mass is 479 g/mol. The molecule has 9 heteroatoms. The smallest absolute Gasteiger partial charge is 0.337 e. The lowest BCUT2D eigenvalue weighted by Gasteiger charge is -2.27. The molecular weight excluding hydrogens is 454 g/mol. The summed E-state index contributed by atoms with van der Waals surface area (Å²) in [4.78, 5) is 25.3. The van der Waals surface area contributed by atoms with Crippen molar-refractivity contribution in [3.63, 3.8) is 0 Å². The highest BCUT2D eigenvalue weighted by atomic mass is 32.2. The van der Waals surface area contributed by atoms with Crippen LogP contribution in [0, 0.1) is 11.3 Å². The number of furan rings is 1. The first kappa shape index (κ1) is 24.7. The molecule has 1 aromatic carbocycles. The van der Waals surface area contributed by atoms with Crippen LogP contribution in [0.15, 0.2) is 81.6 Å². The summed E-state index contributed by atoms with van der Waals surface area (Å²) in [5.41, 5.74) is 1.70. The van der Waals surface area contributed by atoms with Crippen LogP contribution in [0.25, 0.3) is 0 Å². The van der Waals surface area contributed by atoms with E-state index in [0.29, 0.717) is 28.8 Å². The van der Waals surface area contributed by atoms with E-state index in [1.165, 1.54) is 24.1 Å². The van der Waals surface area contributed by atoms with Crippen molar-refractivity contribution in [1.29, 1.82) is 5.26 Å². The van der Waals surface area contributed by atoms with Crippen molar-refractivity contribution in [2.45, 2.75) is 19.8 Å². The lowest BCUT2D eigenvalue weighted by Crippen LogP contribution is -2.29. The molecule has 1 aliphatic rings. The van der Waals surface area contributed by atoms with Gasteiger partial charge in [-0.25, -0.2) is 4.79 Å². The molecule has 1 amide bonds. The zero-order valence-corrected chi connectivity index (χ0v) is 19.7.